The van der Waals surface area contributed by atoms with Crippen LogP contribution in [-0.2, 0) is 30.5 Å². The molecule has 0 bridgehead atoms. The molecule has 0 saturated carbocycles. The molecule has 2 saturated heterocycles. The quantitative estimate of drug-likeness (QED) is 0.345. The van der Waals surface area contributed by atoms with E-state index in [4.69, 9.17) is 27.9 Å². The van der Waals surface area contributed by atoms with Gasteiger partial charge in [0.25, 0.3) is 11.8 Å². The summed E-state index contributed by atoms with van der Waals surface area (Å²) >= 11 is 12.0. The first kappa shape index (κ1) is 29.4. The number of Topliss-reactive ketones (excluding diaryl/α,β-unsaturated/α-hetero) is 1. The lowest BCUT2D eigenvalue weighted by Crippen LogP contribution is -2.54. The minimum absolute atomic E-state index is 0.0198. The zero-order chi connectivity index (χ0) is 28.6. The Labute approximate surface area is 241 Å². The molecule has 2 fully saturated rings. The van der Waals surface area contributed by atoms with Gasteiger partial charge in [-0.25, -0.2) is 0 Å². The highest BCUT2D eigenvalue weighted by Gasteiger charge is 2.39. The molecule has 12 heteroatoms. The van der Waals surface area contributed by atoms with Gasteiger partial charge in [0.15, 0.2) is 6.61 Å². The summed E-state index contributed by atoms with van der Waals surface area (Å²) in [5, 5.41) is 8.63. The number of likely N-dealkylation sites (tertiary alicyclic amines) is 1. The maximum absolute atomic E-state index is 13.3. The van der Waals surface area contributed by atoms with Gasteiger partial charge in [0, 0.05) is 30.6 Å². The topological polar surface area (TPSA) is 134 Å². The van der Waals surface area contributed by atoms with E-state index in [-0.39, 0.29) is 36.3 Å². The molecule has 0 unspecified atom stereocenters. The van der Waals surface area contributed by atoms with Gasteiger partial charge in [-0.1, -0.05) is 53.5 Å². The highest BCUT2D eigenvalue weighted by Crippen LogP contribution is 2.28. The molecular weight excluding hydrogens is 559 g/mol. The van der Waals surface area contributed by atoms with Gasteiger partial charge in [0.2, 0.25) is 17.6 Å². The van der Waals surface area contributed by atoms with Crippen molar-refractivity contribution < 1.29 is 28.7 Å². The van der Waals surface area contributed by atoms with Gasteiger partial charge >= 0.3 is 0 Å². The minimum Gasteiger partial charge on any atom is -0.482 e. The zero-order valence-corrected chi connectivity index (χ0v) is 23.2. The second-order valence-corrected chi connectivity index (χ2v) is 10.6. The Morgan fingerprint density at radius 1 is 1.07 bits per heavy atom. The SMILES string of the molecule is O=C(NCc1ccccc1)C(=O)[C@H](C[C@@H]1CCNC1=O)NC(=O)[C@@H]1CCCN1C(=O)COc1ccc(Cl)cc1Cl. The Balaban J connectivity index is 1.40. The molecule has 2 aromatic carbocycles. The Kier molecular flexibility index (Phi) is 10.0. The van der Waals surface area contributed by atoms with E-state index < -0.39 is 41.5 Å². The fourth-order valence-electron chi connectivity index (χ4n) is 4.83. The molecule has 4 amide bonds. The fraction of sp³-hybridized carbons (Fsp3) is 0.393. The first-order valence-electron chi connectivity index (χ1n) is 13.0. The van der Waals surface area contributed by atoms with Crippen LogP contribution in [0.15, 0.2) is 48.5 Å². The standard InChI is InChI=1S/C28H30Cl2N4O6/c29-19-8-9-23(20(30)14-19)40-16-24(35)34-12-4-7-22(34)27(38)33-21(13-18-10-11-31-26(18)37)25(36)28(39)32-15-17-5-2-1-3-6-17/h1-3,5-6,8-9,14,18,21-22H,4,7,10-13,15-16H2,(H,31,37)(H,32,39)(H,33,38)/t18-,21-,22-/m0/s1. The number of rotatable bonds is 11. The Bertz CT molecular complexity index is 1270. The molecule has 40 heavy (non-hydrogen) atoms. The van der Waals surface area contributed by atoms with Crippen molar-refractivity contribution in [3.05, 3.63) is 64.1 Å². The number of nitrogens with one attached hydrogen (secondary N) is 3. The van der Waals surface area contributed by atoms with Gasteiger partial charge in [0.1, 0.15) is 11.8 Å². The maximum atomic E-state index is 13.3. The average molecular weight is 589 g/mol. The summed E-state index contributed by atoms with van der Waals surface area (Å²) in [5.74, 6) is -3.17. The number of nitrogens with zero attached hydrogens (tertiary/aromatic N) is 1. The van der Waals surface area contributed by atoms with Crippen LogP contribution in [0.2, 0.25) is 10.0 Å². The molecule has 2 aliphatic rings. The van der Waals surface area contributed by atoms with E-state index in [0.29, 0.717) is 37.4 Å². The minimum atomic E-state index is -1.22. The maximum Gasteiger partial charge on any atom is 0.289 e. The first-order chi connectivity index (χ1) is 19.2. The molecule has 2 aliphatic heterocycles. The summed E-state index contributed by atoms with van der Waals surface area (Å²) in [7, 11) is 0. The molecule has 0 aromatic heterocycles. The number of ether oxygens (including phenoxy) is 1. The van der Waals surface area contributed by atoms with E-state index in [1.165, 1.54) is 11.0 Å². The molecule has 0 aliphatic carbocycles. The van der Waals surface area contributed by atoms with Crippen LogP contribution in [0.5, 0.6) is 5.75 Å². The molecule has 2 aromatic rings. The van der Waals surface area contributed by atoms with Crippen LogP contribution in [-0.4, -0.2) is 66.1 Å². The van der Waals surface area contributed by atoms with E-state index in [0.717, 1.165) is 5.56 Å². The summed E-state index contributed by atoms with van der Waals surface area (Å²) < 4.78 is 5.54. The predicted molar refractivity (Wildman–Crippen MR) is 148 cm³/mol. The number of hydrogen-bond donors (Lipinski definition) is 3. The van der Waals surface area contributed by atoms with Crippen LogP contribution < -0.4 is 20.7 Å². The third kappa shape index (κ3) is 7.51. The van der Waals surface area contributed by atoms with E-state index in [1.807, 2.05) is 30.3 Å². The first-order valence-corrected chi connectivity index (χ1v) is 13.8. The monoisotopic (exact) mass is 588 g/mol. The molecule has 212 valence electrons. The van der Waals surface area contributed by atoms with Gasteiger partial charge in [-0.15, -0.1) is 0 Å². The van der Waals surface area contributed by atoms with Crippen LogP contribution in [0, 0.1) is 5.92 Å². The van der Waals surface area contributed by atoms with Crippen molar-refractivity contribution in [3.63, 3.8) is 0 Å². The highest BCUT2D eigenvalue weighted by molar-refractivity contribution is 6.38. The molecule has 3 atom stereocenters. The van der Waals surface area contributed by atoms with E-state index in [1.54, 1.807) is 12.1 Å². The molecule has 2 heterocycles. The van der Waals surface area contributed by atoms with Gasteiger partial charge < -0.3 is 25.6 Å². The van der Waals surface area contributed by atoms with Crippen LogP contribution in [0.4, 0.5) is 0 Å². The molecule has 3 N–H and O–H groups in total. The number of carbonyl (C=O) groups is 5. The van der Waals surface area contributed by atoms with Crippen molar-refractivity contribution in [1.29, 1.82) is 0 Å². The molecule has 0 spiro atoms. The smallest absolute Gasteiger partial charge is 0.289 e. The van der Waals surface area contributed by atoms with Crippen molar-refractivity contribution >= 4 is 52.6 Å². The normalized spacial score (nSPS) is 19.1. The summed E-state index contributed by atoms with van der Waals surface area (Å²) in [6.07, 6.45) is 1.42. The van der Waals surface area contributed by atoms with Crippen LogP contribution in [0.25, 0.3) is 0 Å². The predicted octanol–water partition coefficient (Wildman–Crippen LogP) is 2.26. The number of ketones is 1. The third-order valence-electron chi connectivity index (χ3n) is 6.96. The van der Waals surface area contributed by atoms with Crippen molar-refractivity contribution in [2.24, 2.45) is 5.92 Å². The van der Waals surface area contributed by atoms with Gasteiger partial charge in [0.05, 0.1) is 11.1 Å². The van der Waals surface area contributed by atoms with Gasteiger partial charge in [-0.05, 0) is 49.4 Å². The van der Waals surface area contributed by atoms with E-state index in [2.05, 4.69) is 16.0 Å². The second kappa shape index (κ2) is 13.6. The number of halogens is 2. The van der Waals surface area contributed by atoms with Gasteiger partial charge in [-0.3, -0.25) is 24.0 Å². The lowest BCUT2D eigenvalue weighted by Gasteiger charge is -2.27. The zero-order valence-electron chi connectivity index (χ0n) is 21.7. The Hall–Kier alpha value is -3.63. The molecule has 4 rings (SSSR count). The summed E-state index contributed by atoms with van der Waals surface area (Å²) in [6.45, 7) is 0.576. The number of carbonyl (C=O) groups excluding carboxylic acids is 5. The van der Waals surface area contributed by atoms with Crippen molar-refractivity contribution in [3.8, 4) is 5.75 Å². The lowest BCUT2D eigenvalue weighted by molar-refractivity contribution is -0.143. The van der Waals surface area contributed by atoms with Crippen molar-refractivity contribution in [2.75, 3.05) is 19.7 Å². The Morgan fingerprint density at radius 3 is 2.55 bits per heavy atom. The highest BCUT2D eigenvalue weighted by atomic mass is 35.5. The summed E-state index contributed by atoms with van der Waals surface area (Å²) in [5.41, 5.74) is 0.807. The molecular formula is C28H30Cl2N4O6. The Morgan fingerprint density at radius 2 is 1.85 bits per heavy atom. The third-order valence-corrected chi connectivity index (χ3v) is 7.49. The van der Waals surface area contributed by atoms with Crippen LogP contribution in [0.3, 0.4) is 0 Å². The number of amides is 4. The molecule has 10 nitrogen and oxygen atoms in total. The number of hydrogen-bond acceptors (Lipinski definition) is 6. The van der Waals surface area contributed by atoms with Crippen molar-refractivity contribution in [1.82, 2.24) is 20.9 Å². The van der Waals surface area contributed by atoms with Crippen molar-refractivity contribution in [2.45, 2.75) is 44.3 Å². The lowest BCUT2D eigenvalue weighted by atomic mass is 9.95. The van der Waals surface area contributed by atoms with Crippen LogP contribution >= 0.6 is 23.2 Å². The summed E-state index contributed by atoms with van der Waals surface area (Å²) in [6, 6.07) is 11.6. The van der Waals surface area contributed by atoms with Gasteiger partial charge in [-0.2, -0.15) is 0 Å². The van der Waals surface area contributed by atoms with Crippen LogP contribution in [0.1, 0.15) is 31.2 Å². The molecule has 0 radical (unpaired) electrons. The van der Waals surface area contributed by atoms with E-state index >= 15 is 0 Å². The largest absolute Gasteiger partial charge is 0.482 e. The van der Waals surface area contributed by atoms with E-state index in [9.17, 15) is 24.0 Å². The average Bonchev–Trinajstić information content (AvgIpc) is 3.60. The number of benzene rings is 2. The summed E-state index contributed by atoms with van der Waals surface area (Å²) in [4.78, 5) is 65.8. The fourth-order valence-corrected chi connectivity index (χ4v) is 5.29. The second-order valence-electron chi connectivity index (χ2n) is 9.71.